The normalized spacial score (nSPS) is 17.4. The van der Waals surface area contributed by atoms with Gasteiger partial charge in [0.15, 0.2) is 0 Å². The number of hydrogen-bond donors (Lipinski definition) is 1. The van der Waals surface area contributed by atoms with E-state index in [1.807, 2.05) is 0 Å². The maximum Gasteiger partial charge on any atom is 0.225 e. The lowest BCUT2D eigenvalue weighted by molar-refractivity contribution is -0.116. The van der Waals surface area contributed by atoms with Crippen molar-refractivity contribution < 1.29 is 4.79 Å². The molecule has 1 atom stereocenters. The Morgan fingerprint density at radius 1 is 1.39 bits per heavy atom. The van der Waals surface area contributed by atoms with Crippen molar-refractivity contribution in [3.63, 3.8) is 0 Å². The molecule has 0 saturated carbocycles. The minimum absolute atomic E-state index is 0.0425. The molecular formula is C19H28N2OS. The highest BCUT2D eigenvalue weighted by molar-refractivity contribution is 7.16. The van der Waals surface area contributed by atoms with Gasteiger partial charge in [0.1, 0.15) is 11.1 Å². The Labute approximate surface area is 144 Å². The minimum atomic E-state index is 0.0425. The first-order valence-corrected chi connectivity index (χ1v) is 9.53. The summed E-state index contributed by atoms with van der Waals surface area (Å²) in [5.41, 5.74) is 2.18. The number of nitriles is 1. The molecule has 23 heavy (non-hydrogen) atoms. The number of nitrogens with one attached hydrogen (secondary N) is 1. The van der Waals surface area contributed by atoms with Crippen LogP contribution in [0.3, 0.4) is 0 Å². The van der Waals surface area contributed by atoms with Crippen molar-refractivity contribution in [1.29, 1.82) is 5.26 Å². The summed E-state index contributed by atoms with van der Waals surface area (Å²) in [6.07, 6.45) is 6.77. The predicted molar refractivity (Wildman–Crippen MR) is 96.8 cm³/mol. The minimum Gasteiger partial charge on any atom is -0.317 e. The molecule has 3 nitrogen and oxygen atoms in total. The summed E-state index contributed by atoms with van der Waals surface area (Å²) in [5, 5.41) is 13.3. The highest BCUT2D eigenvalue weighted by atomic mass is 32.1. The third kappa shape index (κ3) is 4.35. The second-order valence-corrected chi connectivity index (χ2v) is 8.74. The monoisotopic (exact) mass is 332 g/mol. The summed E-state index contributed by atoms with van der Waals surface area (Å²) in [6, 6.07) is 2.33. The first-order valence-electron chi connectivity index (χ1n) is 8.71. The summed E-state index contributed by atoms with van der Waals surface area (Å²) in [6.45, 7) is 9.00. The smallest absolute Gasteiger partial charge is 0.225 e. The molecule has 1 aromatic rings. The topological polar surface area (TPSA) is 52.9 Å². The highest BCUT2D eigenvalue weighted by Crippen LogP contribution is 2.43. The summed E-state index contributed by atoms with van der Waals surface area (Å²) < 4.78 is 0. The molecule has 1 heterocycles. The Morgan fingerprint density at radius 2 is 2.13 bits per heavy atom. The summed E-state index contributed by atoms with van der Waals surface area (Å²) >= 11 is 1.62. The Balaban J connectivity index is 2.13. The number of unbranched alkanes of at least 4 members (excludes halogenated alkanes) is 2. The molecule has 0 fully saturated rings. The van der Waals surface area contributed by atoms with E-state index in [4.69, 9.17) is 0 Å². The van der Waals surface area contributed by atoms with Crippen LogP contribution >= 0.6 is 11.3 Å². The van der Waals surface area contributed by atoms with Crippen molar-refractivity contribution in [3.05, 3.63) is 16.0 Å². The van der Waals surface area contributed by atoms with Gasteiger partial charge in [-0.05, 0) is 42.6 Å². The number of thiophene rings is 1. The maximum atomic E-state index is 12.1. The van der Waals surface area contributed by atoms with Crippen molar-refractivity contribution in [2.45, 2.75) is 72.6 Å². The molecule has 1 aliphatic carbocycles. The molecule has 1 aliphatic rings. The van der Waals surface area contributed by atoms with Gasteiger partial charge in [0, 0.05) is 11.3 Å². The molecule has 0 spiro atoms. The summed E-state index contributed by atoms with van der Waals surface area (Å²) in [4.78, 5) is 13.4. The number of carbonyl (C=O) groups is 1. The lowest BCUT2D eigenvalue weighted by atomic mass is 9.72. The van der Waals surface area contributed by atoms with E-state index in [0.717, 1.165) is 43.5 Å². The third-order valence-corrected chi connectivity index (χ3v) is 6.03. The molecule has 0 aromatic carbocycles. The fourth-order valence-corrected chi connectivity index (χ4v) is 4.55. The molecule has 0 bridgehead atoms. The Hall–Kier alpha value is -1.34. The summed E-state index contributed by atoms with van der Waals surface area (Å²) in [5.74, 6) is 0.689. The van der Waals surface area contributed by atoms with Gasteiger partial charge in [-0.2, -0.15) is 5.26 Å². The number of carbonyl (C=O) groups excluding carboxylic acids is 1. The van der Waals surface area contributed by atoms with E-state index in [0.29, 0.717) is 17.9 Å². The molecule has 126 valence electrons. The molecule has 0 aliphatic heterocycles. The quantitative estimate of drug-likeness (QED) is 0.745. The molecule has 0 saturated heterocycles. The van der Waals surface area contributed by atoms with Crippen LogP contribution in [0.15, 0.2) is 0 Å². The molecule has 1 aromatic heterocycles. The zero-order valence-corrected chi connectivity index (χ0v) is 15.6. The number of anilines is 1. The van der Waals surface area contributed by atoms with E-state index < -0.39 is 0 Å². The van der Waals surface area contributed by atoms with Gasteiger partial charge in [-0.15, -0.1) is 11.3 Å². The van der Waals surface area contributed by atoms with Crippen molar-refractivity contribution >= 4 is 22.2 Å². The average Bonchev–Trinajstić information content (AvgIpc) is 2.82. The van der Waals surface area contributed by atoms with Crippen molar-refractivity contribution in [2.75, 3.05) is 5.32 Å². The fraction of sp³-hybridized carbons (Fsp3) is 0.684. The largest absolute Gasteiger partial charge is 0.317 e. The van der Waals surface area contributed by atoms with Gasteiger partial charge in [-0.3, -0.25) is 4.79 Å². The van der Waals surface area contributed by atoms with E-state index in [-0.39, 0.29) is 11.3 Å². The highest BCUT2D eigenvalue weighted by Gasteiger charge is 2.32. The van der Waals surface area contributed by atoms with Crippen LogP contribution in [0.2, 0.25) is 0 Å². The predicted octanol–water partition coefficient (Wildman–Crippen LogP) is 5.29. The van der Waals surface area contributed by atoms with Crippen molar-refractivity contribution in [2.24, 2.45) is 11.3 Å². The van der Waals surface area contributed by atoms with Crippen LogP contribution in [-0.2, 0) is 17.6 Å². The van der Waals surface area contributed by atoms with E-state index in [1.165, 1.54) is 10.4 Å². The Morgan fingerprint density at radius 3 is 2.74 bits per heavy atom. The molecule has 4 heteroatoms. The molecule has 0 unspecified atom stereocenters. The van der Waals surface area contributed by atoms with Gasteiger partial charge in [0.25, 0.3) is 0 Å². The van der Waals surface area contributed by atoms with Crippen LogP contribution < -0.4 is 5.32 Å². The molecule has 0 radical (unpaired) electrons. The molecule has 1 amide bonds. The summed E-state index contributed by atoms with van der Waals surface area (Å²) in [7, 11) is 0. The van der Waals surface area contributed by atoms with Gasteiger partial charge in [0.05, 0.1) is 5.56 Å². The van der Waals surface area contributed by atoms with Gasteiger partial charge in [0.2, 0.25) is 5.91 Å². The van der Waals surface area contributed by atoms with Crippen LogP contribution in [-0.4, -0.2) is 5.91 Å². The SMILES string of the molecule is CCCCCC(=O)Nc1sc2c(c1C#N)CC[C@H](C(C)(C)C)C2. The van der Waals surface area contributed by atoms with Gasteiger partial charge >= 0.3 is 0 Å². The zero-order chi connectivity index (χ0) is 17.0. The second kappa shape index (κ2) is 7.49. The average molecular weight is 333 g/mol. The maximum absolute atomic E-state index is 12.1. The van der Waals surface area contributed by atoms with E-state index in [9.17, 15) is 10.1 Å². The molecular weight excluding hydrogens is 304 g/mol. The van der Waals surface area contributed by atoms with Gasteiger partial charge < -0.3 is 5.32 Å². The Bertz CT molecular complexity index is 604. The molecule has 2 rings (SSSR count). The van der Waals surface area contributed by atoms with E-state index in [2.05, 4.69) is 39.1 Å². The van der Waals surface area contributed by atoms with E-state index >= 15 is 0 Å². The lowest BCUT2D eigenvalue weighted by Crippen LogP contribution is -2.26. The second-order valence-electron chi connectivity index (χ2n) is 7.63. The van der Waals surface area contributed by atoms with Crippen molar-refractivity contribution in [1.82, 2.24) is 0 Å². The van der Waals surface area contributed by atoms with Crippen LogP contribution in [0.1, 0.15) is 75.8 Å². The Kier molecular flexibility index (Phi) is 5.86. The number of amides is 1. The fourth-order valence-electron chi connectivity index (χ4n) is 3.26. The lowest BCUT2D eigenvalue weighted by Gasteiger charge is -2.33. The standard InChI is InChI=1S/C19H28N2OS/c1-5-6-7-8-17(22)21-18-15(12-20)14-10-9-13(19(2,3)4)11-16(14)23-18/h13H,5-11H2,1-4H3,(H,21,22)/t13-/m0/s1. The van der Waals surface area contributed by atoms with E-state index in [1.54, 1.807) is 11.3 Å². The van der Waals surface area contributed by atoms with Crippen LogP contribution in [0.25, 0.3) is 0 Å². The first-order chi connectivity index (χ1) is 10.9. The van der Waals surface area contributed by atoms with Crippen LogP contribution in [0, 0.1) is 22.7 Å². The third-order valence-electron chi connectivity index (χ3n) is 4.86. The number of fused-ring (bicyclic) bond motifs is 1. The van der Waals surface area contributed by atoms with Crippen LogP contribution in [0.4, 0.5) is 5.00 Å². The zero-order valence-electron chi connectivity index (χ0n) is 14.8. The van der Waals surface area contributed by atoms with Crippen molar-refractivity contribution in [3.8, 4) is 6.07 Å². The first kappa shape index (κ1) is 18.0. The van der Waals surface area contributed by atoms with Gasteiger partial charge in [-0.1, -0.05) is 40.5 Å². The van der Waals surface area contributed by atoms with Crippen LogP contribution in [0.5, 0.6) is 0 Å². The number of hydrogen-bond acceptors (Lipinski definition) is 3. The van der Waals surface area contributed by atoms with Gasteiger partial charge in [-0.25, -0.2) is 0 Å². The number of rotatable bonds is 5. The number of nitrogens with zero attached hydrogens (tertiary/aromatic N) is 1. The molecule has 1 N–H and O–H groups in total.